The summed E-state index contributed by atoms with van der Waals surface area (Å²) in [5, 5.41) is 19.9. The zero-order chi connectivity index (χ0) is 80.3. The van der Waals surface area contributed by atoms with Gasteiger partial charge in [0, 0.05) is 36.3 Å². The normalized spacial score (nSPS) is 13.9. The van der Waals surface area contributed by atoms with Crippen LogP contribution in [0.5, 0.6) is 0 Å². The largest absolute Gasteiger partial charge is 0.365 e. The highest BCUT2D eigenvalue weighted by molar-refractivity contribution is 5.86. The van der Waals surface area contributed by atoms with E-state index in [9.17, 15) is 26.3 Å². The minimum absolute atomic E-state index is 0.0595. The summed E-state index contributed by atoms with van der Waals surface area (Å²) in [5.41, 5.74) is 5.53. The molecule has 12 aromatic heterocycles. The number of aromatic amines is 6. The molecule has 0 fully saturated rings. The third kappa shape index (κ3) is 22.9. The van der Waals surface area contributed by atoms with Gasteiger partial charge in [-0.3, -0.25) is 0 Å². The second kappa shape index (κ2) is 34.7. The predicted molar refractivity (Wildman–Crippen MR) is 413 cm³/mol. The fourth-order valence-electron chi connectivity index (χ4n) is 11.6. The van der Waals surface area contributed by atoms with Crippen molar-refractivity contribution in [3.05, 3.63) is 74.4 Å². The molecule has 588 valence electrons. The van der Waals surface area contributed by atoms with Crippen LogP contribution in [-0.2, 0) is 0 Å². The van der Waals surface area contributed by atoms with E-state index in [0.29, 0.717) is 114 Å². The van der Waals surface area contributed by atoms with Crippen molar-refractivity contribution in [3.63, 3.8) is 0 Å². The Morgan fingerprint density at radius 2 is 0.454 bits per heavy atom. The molecule has 0 bridgehead atoms. The van der Waals surface area contributed by atoms with Crippen LogP contribution < -0.4 is 31.9 Å². The molecule has 0 saturated heterocycles. The first-order valence-electron chi connectivity index (χ1n) is 35.9. The summed E-state index contributed by atoms with van der Waals surface area (Å²) in [6.07, 6.45) is 6.36. The van der Waals surface area contributed by atoms with Gasteiger partial charge in [-0.05, 0) is 71.0 Å². The van der Waals surface area contributed by atoms with Gasteiger partial charge in [0.2, 0.25) is 0 Å². The monoisotopic (exact) mass is 1510 g/mol. The van der Waals surface area contributed by atoms with E-state index in [1.165, 1.54) is 38.0 Å². The van der Waals surface area contributed by atoms with Gasteiger partial charge in [0.05, 0.1) is 0 Å². The number of H-pyrrole nitrogens is 6. The van der Waals surface area contributed by atoms with Crippen LogP contribution in [-0.4, -0.2) is 156 Å². The number of rotatable bonds is 16. The standard InChI is InChI=1S/2C13H20FN5.2C12H18FN5.2C11H16FN5/c2*1-7(2)9(13(3,4)5)18-10-8-11(16-6-15-10)19-12(14)17-8;2*1-5-7(12(2,3)4)16-9-8-10(15-6-14-9)18-11(13)17-8;2*1-6(11(2,3)4)15-8-7-9(14-5-13-8)17-10(12)16-7/h2*6-7,9H,1-5H3,(H2,15,16,17,18,19);2*6-7H,5H2,1-4H3,(H2,14,15,16,17,18);2*5-6H,1-4H3,(H2,13,14,15,16,17)/t2*9-;2*7-;2*6-/m101010/s1. The quantitative estimate of drug-likeness (QED) is 0.0316. The lowest BCUT2D eigenvalue weighted by Crippen LogP contribution is -2.38. The van der Waals surface area contributed by atoms with Crippen molar-refractivity contribution in [1.29, 1.82) is 0 Å². The van der Waals surface area contributed by atoms with Gasteiger partial charge >= 0.3 is 0 Å². The molecular formula is C72H108F6N30. The van der Waals surface area contributed by atoms with Gasteiger partial charge in [-0.1, -0.05) is 166 Å². The Kier molecular flexibility index (Phi) is 27.3. The molecule has 0 unspecified atom stereocenters. The maximum atomic E-state index is 13.2. The molecule has 12 heterocycles. The van der Waals surface area contributed by atoms with Crippen LogP contribution in [0.2, 0.25) is 0 Å². The molecule has 6 atom stereocenters. The van der Waals surface area contributed by atoms with E-state index in [0.717, 1.165) is 12.8 Å². The highest BCUT2D eigenvalue weighted by atomic mass is 19.2. The minimum Gasteiger partial charge on any atom is -0.365 e. The summed E-state index contributed by atoms with van der Waals surface area (Å²) in [5.74, 6) is 4.36. The van der Waals surface area contributed by atoms with Gasteiger partial charge in [0.25, 0.3) is 36.5 Å². The van der Waals surface area contributed by atoms with Gasteiger partial charge in [0.1, 0.15) is 71.1 Å². The van der Waals surface area contributed by atoms with Crippen molar-refractivity contribution < 1.29 is 26.3 Å². The van der Waals surface area contributed by atoms with Crippen molar-refractivity contribution in [2.45, 2.75) is 229 Å². The van der Waals surface area contributed by atoms with Crippen molar-refractivity contribution in [1.82, 2.24) is 120 Å². The maximum Gasteiger partial charge on any atom is 0.289 e. The Morgan fingerprint density at radius 1 is 0.269 bits per heavy atom. The lowest BCUT2D eigenvalue weighted by atomic mass is 9.80. The Bertz CT molecular complexity index is 4540. The molecule has 0 aliphatic rings. The average molecular weight is 1510 g/mol. The van der Waals surface area contributed by atoms with E-state index in [1.807, 2.05) is 0 Å². The Balaban J connectivity index is 0.000000181. The number of fused-ring (bicyclic) bond motifs is 6. The molecule has 0 radical (unpaired) electrons. The average Bonchev–Trinajstić information content (AvgIpc) is 1.64. The highest BCUT2D eigenvalue weighted by Gasteiger charge is 2.32. The smallest absolute Gasteiger partial charge is 0.289 e. The predicted octanol–water partition coefficient (Wildman–Crippen LogP) is 16.1. The number of anilines is 6. The van der Waals surface area contributed by atoms with Crippen LogP contribution in [0.1, 0.15) is 193 Å². The summed E-state index contributed by atoms with van der Waals surface area (Å²) >= 11 is 0. The Hall–Kier alpha value is -10.3. The highest BCUT2D eigenvalue weighted by Crippen LogP contribution is 2.34. The van der Waals surface area contributed by atoms with Gasteiger partial charge in [-0.25, -0.2) is 59.8 Å². The lowest BCUT2D eigenvalue weighted by Gasteiger charge is -2.35. The number of aromatic nitrogens is 24. The second-order valence-corrected chi connectivity index (χ2v) is 33.6. The van der Waals surface area contributed by atoms with Gasteiger partial charge in [-0.2, -0.15) is 56.2 Å². The number of halogens is 6. The van der Waals surface area contributed by atoms with Gasteiger partial charge in [-0.15, -0.1) is 0 Å². The molecule has 12 aromatic rings. The molecule has 0 amide bonds. The summed E-state index contributed by atoms with van der Waals surface area (Å²) in [6, 6.07) is 1.26. The molecule has 36 heteroatoms. The lowest BCUT2D eigenvalue weighted by molar-refractivity contribution is 0.280. The van der Waals surface area contributed by atoms with E-state index in [2.05, 4.69) is 332 Å². The van der Waals surface area contributed by atoms with E-state index in [-0.39, 0.29) is 68.7 Å². The van der Waals surface area contributed by atoms with Crippen LogP contribution in [0, 0.1) is 80.8 Å². The number of hydrogen-bond acceptors (Lipinski definition) is 24. The molecule has 108 heavy (non-hydrogen) atoms. The number of imidazole rings is 6. The van der Waals surface area contributed by atoms with Crippen LogP contribution in [0.3, 0.4) is 0 Å². The zero-order valence-electron chi connectivity index (χ0n) is 66.8. The van der Waals surface area contributed by atoms with E-state index >= 15 is 0 Å². The first kappa shape index (κ1) is 84.9. The number of nitrogens with one attached hydrogen (secondary N) is 12. The second-order valence-electron chi connectivity index (χ2n) is 33.6. The summed E-state index contributed by atoms with van der Waals surface area (Å²) in [4.78, 5) is 85.6. The molecule has 0 aromatic carbocycles. The van der Waals surface area contributed by atoms with Crippen LogP contribution in [0.25, 0.3) is 67.0 Å². The third-order valence-corrected chi connectivity index (χ3v) is 18.2. The van der Waals surface area contributed by atoms with E-state index in [1.54, 1.807) is 0 Å². The molecule has 12 rings (SSSR count). The van der Waals surface area contributed by atoms with E-state index < -0.39 is 36.5 Å². The van der Waals surface area contributed by atoms with Gasteiger partial charge < -0.3 is 61.8 Å². The molecule has 30 nitrogen and oxygen atoms in total. The van der Waals surface area contributed by atoms with Gasteiger partial charge in [0.15, 0.2) is 68.8 Å². The SMILES string of the molecule is CC(C)[C@@H](Nc1ncnc2nc(F)[nH]c12)C(C)(C)C.CC(C)[C@H](Nc1ncnc2nc(F)[nH]c12)C(C)(C)C.CC[C@@H](Nc1ncnc2nc(F)[nH]c12)C(C)(C)C.CC[C@H](Nc1ncnc2nc(F)[nH]c12)C(C)(C)C.C[C@@H](Nc1ncnc2nc(F)[nH]c12)C(C)(C)C.C[C@H](Nc1ncnc2nc(F)[nH]c12)C(C)(C)C. The molecule has 0 saturated carbocycles. The van der Waals surface area contributed by atoms with E-state index in [4.69, 9.17) is 0 Å². The fraction of sp³-hybridized carbons (Fsp3) is 0.583. The van der Waals surface area contributed by atoms with Crippen LogP contribution >= 0.6 is 0 Å². The van der Waals surface area contributed by atoms with Crippen molar-refractivity contribution in [2.75, 3.05) is 31.9 Å². The summed E-state index contributed by atoms with van der Waals surface area (Å²) < 4.78 is 78.5. The van der Waals surface area contributed by atoms with Crippen LogP contribution in [0.4, 0.5) is 61.2 Å². The summed E-state index contributed by atoms with van der Waals surface area (Å²) in [6.45, 7) is 55.5. The molecular weight excluding hydrogens is 1400 g/mol. The minimum atomic E-state index is -0.646. The third-order valence-electron chi connectivity index (χ3n) is 18.2. The van der Waals surface area contributed by atoms with Crippen molar-refractivity contribution in [3.8, 4) is 0 Å². The molecule has 0 spiro atoms. The zero-order valence-corrected chi connectivity index (χ0v) is 66.8. The topological polar surface area (TPSA) is 399 Å². The first-order chi connectivity index (χ1) is 50.2. The van der Waals surface area contributed by atoms with Crippen molar-refractivity contribution >= 4 is 102 Å². The Morgan fingerprint density at radius 3 is 0.611 bits per heavy atom. The fourth-order valence-corrected chi connectivity index (χ4v) is 11.6. The number of hydrogen-bond donors (Lipinski definition) is 12. The summed E-state index contributed by atoms with van der Waals surface area (Å²) in [7, 11) is 0. The van der Waals surface area contributed by atoms with Crippen LogP contribution in [0.15, 0.2) is 38.0 Å². The molecule has 0 aliphatic carbocycles. The Labute approximate surface area is 625 Å². The maximum absolute atomic E-state index is 13.2. The molecule has 12 N–H and O–H groups in total. The molecule has 0 aliphatic heterocycles. The number of nitrogens with zero attached hydrogens (tertiary/aromatic N) is 18. The first-order valence-corrected chi connectivity index (χ1v) is 35.9. The van der Waals surface area contributed by atoms with Crippen molar-refractivity contribution in [2.24, 2.45) is 44.3 Å².